The van der Waals surface area contributed by atoms with E-state index in [-0.39, 0.29) is 12.0 Å². The first kappa shape index (κ1) is 18.2. The zero-order valence-corrected chi connectivity index (χ0v) is 14.9. The van der Waals surface area contributed by atoms with Crippen molar-refractivity contribution in [2.75, 3.05) is 13.2 Å². The number of benzene rings is 2. The molecule has 5 heteroatoms. The molecule has 0 aliphatic heterocycles. The van der Waals surface area contributed by atoms with Crippen LogP contribution in [0.3, 0.4) is 0 Å². The molecule has 0 fully saturated rings. The minimum atomic E-state index is -0.630. The highest BCUT2D eigenvalue weighted by atomic mass is 16.5. The van der Waals surface area contributed by atoms with Crippen LogP contribution in [0.2, 0.25) is 0 Å². The maximum atomic E-state index is 12.4. The molecule has 1 aromatic heterocycles. The number of rotatable bonds is 7. The molecule has 1 heterocycles. The standard InChI is InChI=1S/C21H23NO4/c1-14(2)22-12-15(23)13-25-19-9-5-4-8-17(19)21-11-18(24)16-7-3-6-10-20(16)26-21/h3-11,14-15,22-23H,12-13H2,1-2H3. The van der Waals surface area contributed by atoms with Crippen LogP contribution >= 0.6 is 0 Å². The highest BCUT2D eigenvalue weighted by molar-refractivity contribution is 5.79. The molecule has 5 nitrogen and oxygen atoms in total. The van der Waals surface area contributed by atoms with Crippen molar-refractivity contribution in [2.45, 2.75) is 26.0 Å². The summed E-state index contributed by atoms with van der Waals surface area (Å²) in [6.45, 7) is 4.63. The maximum Gasteiger partial charge on any atom is 0.193 e. The summed E-state index contributed by atoms with van der Waals surface area (Å²) in [5.74, 6) is 1.01. The van der Waals surface area contributed by atoms with Gasteiger partial charge in [-0.15, -0.1) is 0 Å². The summed E-state index contributed by atoms with van der Waals surface area (Å²) >= 11 is 0. The normalized spacial score (nSPS) is 12.5. The van der Waals surface area contributed by atoms with E-state index in [1.54, 1.807) is 18.2 Å². The third-order valence-corrected chi connectivity index (χ3v) is 3.98. The number of nitrogens with one attached hydrogen (secondary N) is 1. The Labute approximate surface area is 152 Å². The molecule has 0 bridgehead atoms. The van der Waals surface area contributed by atoms with Gasteiger partial charge in [0.1, 0.15) is 29.8 Å². The van der Waals surface area contributed by atoms with Crippen molar-refractivity contribution < 1.29 is 14.3 Å². The van der Waals surface area contributed by atoms with Crippen LogP contribution in [0.25, 0.3) is 22.3 Å². The lowest BCUT2D eigenvalue weighted by Gasteiger charge is -2.16. The van der Waals surface area contributed by atoms with Gasteiger partial charge in [-0.1, -0.05) is 38.1 Å². The SMILES string of the molecule is CC(C)NCC(O)COc1ccccc1-c1cc(=O)c2ccccc2o1. The molecule has 1 atom stereocenters. The molecule has 26 heavy (non-hydrogen) atoms. The fraction of sp³-hybridized carbons (Fsp3) is 0.286. The van der Waals surface area contributed by atoms with E-state index in [1.807, 2.05) is 44.2 Å². The van der Waals surface area contributed by atoms with Gasteiger partial charge in [0.05, 0.1) is 10.9 Å². The number of hydrogen-bond donors (Lipinski definition) is 2. The van der Waals surface area contributed by atoms with Crippen LogP contribution < -0.4 is 15.5 Å². The average molecular weight is 353 g/mol. The topological polar surface area (TPSA) is 71.7 Å². The minimum Gasteiger partial charge on any atom is -0.490 e. The van der Waals surface area contributed by atoms with Crippen LogP contribution in [-0.4, -0.2) is 30.4 Å². The molecular formula is C21H23NO4. The van der Waals surface area contributed by atoms with Gasteiger partial charge in [0, 0.05) is 18.7 Å². The third-order valence-electron chi connectivity index (χ3n) is 3.98. The quantitative estimate of drug-likeness (QED) is 0.682. The second-order valence-corrected chi connectivity index (χ2v) is 6.49. The molecule has 1 unspecified atom stereocenters. The lowest BCUT2D eigenvalue weighted by molar-refractivity contribution is 0.105. The molecule has 0 radical (unpaired) electrons. The van der Waals surface area contributed by atoms with Crippen molar-refractivity contribution in [1.29, 1.82) is 0 Å². The molecule has 0 amide bonds. The molecular weight excluding hydrogens is 330 g/mol. The predicted molar refractivity (Wildman–Crippen MR) is 103 cm³/mol. The number of ether oxygens (including phenoxy) is 1. The maximum absolute atomic E-state index is 12.4. The lowest BCUT2D eigenvalue weighted by Crippen LogP contribution is -2.35. The van der Waals surface area contributed by atoms with Crippen molar-refractivity contribution >= 4 is 11.0 Å². The second kappa shape index (κ2) is 8.17. The summed E-state index contributed by atoms with van der Waals surface area (Å²) in [5.41, 5.74) is 1.11. The number of fused-ring (bicyclic) bond motifs is 1. The van der Waals surface area contributed by atoms with Crippen molar-refractivity contribution in [3.05, 3.63) is 64.8 Å². The smallest absolute Gasteiger partial charge is 0.193 e. The zero-order chi connectivity index (χ0) is 18.5. The van der Waals surface area contributed by atoms with Crippen LogP contribution in [0.4, 0.5) is 0 Å². The van der Waals surface area contributed by atoms with Gasteiger partial charge in [-0.3, -0.25) is 4.79 Å². The molecule has 0 saturated carbocycles. The van der Waals surface area contributed by atoms with E-state index in [1.165, 1.54) is 6.07 Å². The van der Waals surface area contributed by atoms with Crippen LogP contribution in [0.15, 0.2) is 63.8 Å². The summed E-state index contributed by atoms with van der Waals surface area (Å²) in [6, 6.07) is 16.2. The Balaban J connectivity index is 1.84. The van der Waals surface area contributed by atoms with Gasteiger partial charge in [-0.05, 0) is 24.3 Å². The van der Waals surface area contributed by atoms with E-state index in [0.29, 0.717) is 40.6 Å². The molecule has 0 aliphatic rings. The van der Waals surface area contributed by atoms with Crippen LogP contribution in [-0.2, 0) is 0 Å². The first-order chi connectivity index (χ1) is 12.5. The third kappa shape index (κ3) is 4.31. The molecule has 3 aromatic rings. The van der Waals surface area contributed by atoms with E-state index < -0.39 is 6.10 Å². The number of para-hydroxylation sites is 2. The lowest BCUT2D eigenvalue weighted by atomic mass is 10.1. The fourth-order valence-electron chi connectivity index (χ4n) is 2.65. The molecule has 3 rings (SSSR count). The van der Waals surface area contributed by atoms with Crippen LogP contribution in [0, 0.1) is 0 Å². The van der Waals surface area contributed by atoms with Gasteiger partial charge in [0.15, 0.2) is 5.43 Å². The number of aliphatic hydroxyl groups excluding tert-OH is 1. The first-order valence-corrected chi connectivity index (χ1v) is 8.71. The number of aliphatic hydroxyl groups is 1. The largest absolute Gasteiger partial charge is 0.490 e. The Morgan fingerprint density at radius 1 is 1.12 bits per heavy atom. The Kier molecular flexibility index (Phi) is 5.71. The van der Waals surface area contributed by atoms with Crippen molar-refractivity contribution in [1.82, 2.24) is 5.32 Å². The Morgan fingerprint density at radius 2 is 1.85 bits per heavy atom. The van der Waals surface area contributed by atoms with Crippen LogP contribution in [0.5, 0.6) is 5.75 Å². The first-order valence-electron chi connectivity index (χ1n) is 8.71. The van der Waals surface area contributed by atoms with Gasteiger partial charge in [0.2, 0.25) is 0 Å². The van der Waals surface area contributed by atoms with Crippen molar-refractivity contribution in [2.24, 2.45) is 0 Å². The van der Waals surface area contributed by atoms with E-state index in [0.717, 1.165) is 0 Å². The highest BCUT2D eigenvalue weighted by Crippen LogP contribution is 2.30. The summed E-state index contributed by atoms with van der Waals surface area (Å²) in [6.07, 6.45) is -0.630. The van der Waals surface area contributed by atoms with E-state index >= 15 is 0 Å². The Hall–Kier alpha value is -2.63. The Bertz CT molecular complexity index is 932. The fourth-order valence-corrected chi connectivity index (χ4v) is 2.65. The number of hydrogen-bond acceptors (Lipinski definition) is 5. The molecule has 2 N–H and O–H groups in total. The zero-order valence-electron chi connectivity index (χ0n) is 14.9. The van der Waals surface area contributed by atoms with Gasteiger partial charge in [-0.25, -0.2) is 0 Å². The Morgan fingerprint density at radius 3 is 2.65 bits per heavy atom. The van der Waals surface area contributed by atoms with Crippen molar-refractivity contribution in [3.63, 3.8) is 0 Å². The summed E-state index contributed by atoms with van der Waals surface area (Å²) in [7, 11) is 0. The molecule has 0 aliphatic carbocycles. The van der Waals surface area contributed by atoms with Crippen molar-refractivity contribution in [3.8, 4) is 17.1 Å². The van der Waals surface area contributed by atoms with Gasteiger partial charge in [-0.2, -0.15) is 0 Å². The predicted octanol–water partition coefficient (Wildman–Crippen LogP) is 3.20. The van der Waals surface area contributed by atoms with Crippen LogP contribution in [0.1, 0.15) is 13.8 Å². The van der Waals surface area contributed by atoms with Gasteiger partial charge < -0.3 is 19.6 Å². The molecule has 136 valence electrons. The van der Waals surface area contributed by atoms with Gasteiger partial charge in [0.25, 0.3) is 0 Å². The van der Waals surface area contributed by atoms with Gasteiger partial charge >= 0.3 is 0 Å². The van der Waals surface area contributed by atoms with E-state index in [2.05, 4.69) is 5.32 Å². The summed E-state index contributed by atoms with van der Waals surface area (Å²) in [4.78, 5) is 12.4. The van der Waals surface area contributed by atoms with E-state index in [4.69, 9.17) is 9.15 Å². The van der Waals surface area contributed by atoms with E-state index in [9.17, 15) is 9.90 Å². The molecule has 0 saturated heterocycles. The monoisotopic (exact) mass is 353 g/mol. The highest BCUT2D eigenvalue weighted by Gasteiger charge is 2.13. The molecule has 0 spiro atoms. The minimum absolute atomic E-state index is 0.0992. The summed E-state index contributed by atoms with van der Waals surface area (Å²) < 4.78 is 11.7. The molecule has 2 aromatic carbocycles. The second-order valence-electron chi connectivity index (χ2n) is 6.49. The summed E-state index contributed by atoms with van der Waals surface area (Å²) in [5, 5.41) is 13.8. The average Bonchev–Trinajstić information content (AvgIpc) is 2.65.